The fraction of sp³-hybridized carbons (Fsp3) is 0.130. The molecular formula is C23H22N2O3. The molecule has 0 aliphatic carbocycles. The minimum atomic E-state index is -0.311. The number of hydrogen-bond acceptors (Lipinski definition) is 3. The third-order valence-electron chi connectivity index (χ3n) is 3.92. The third kappa shape index (κ3) is 4.98. The number of amides is 2. The fourth-order valence-corrected chi connectivity index (χ4v) is 2.69. The van der Waals surface area contributed by atoms with Crippen molar-refractivity contribution in [3.8, 4) is 5.75 Å². The van der Waals surface area contributed by atoms with E-state index in [-0.39, 0.29) is 17.9 Å². The van der Waals surface area contributed by atoms with Gasteiger partial charge in [-0.2, -0.15) is 0 Å². The quantitative estimate of drug-likeness (QED) is 0.639. The molecule has 3 aromatic carbocycles. The molecule has 0 aromatic heterocycles. The first-order chi connectivity index (χ1) is 13.5. The van der Waals surface area contributed by atoms with Crippen molar-refractivity contribution in [1.29, 1.82) is 0 Å². The lowest BCUT2D eigenvalue weighted by Gasteiger charge is -2.13. The van der Waals surface area contributed by atoms with Gasteiger partial charge in [-0.25, -0.2) is 0 Å². The predicted octanol–water partition coefficient (Wildman–Crippen LogP) is 4.98. The van der Waals surface area contributed by atoms with Crippen LogP contribution in [-0.2, 0) is 0 Å². The molecule has 2 amide bonds. The number of ether oxygens (including phenoxy) is 1. The summed E-state index contributed by atoms with van der Waals surface area (Å²) in [5, 5.41) is 5.65. The third-order valence-corrected chi connectivity index (χ3v) is 3.92. The molecule has 142 valence electrons. The highest BCUT2D eigenvalue weighted by Gasteiger charge is 2.15. The second-order valence-corrected chi connectivity index (χ2v) is 6.51. The van der Waals surface area contributed by atoms with Crippen molar-refractivity contribution in [3.63, 3.8) is 0 Å². The molecule has 0 saturated heterocycles. The Balaban J connectivity index is 1.78. The molecule has 0 atom stereocenters. The van der Waals surface area contributed by atoms with Crippen LogP contribution in [0, 0.1) is 0 Å². The Morgan fingerprint density at radius 3 is 2.25 bits per heavy atom. The van der Waals surface area contributed by atoms with Crippen LogP contribution in [0.15, 0.2) is 78.9 Å². The summed E-state index contributed by atoms with van der Waals surface area (Å²) in [7, 11) is 0. The van der Waals surface area contributed by atoms with Gasteiger partial charge in [0.15, 0.2) is 0 Å². The van der Waals surface area contributed by atoms with Gasteiger partial charge in [-0.3, -0.25) is 9.59 Å². The molecule has 2 N–H and O–H groups in total. The van der Waals surface area contributed by atoms with Crippen LogP contribution in [0.25, 0.3) is 0 Å². The van der Waals surface area contributed by atoms with Gasteiger partial charge in [-0.1, -0.05) is 36.4 Å². The Kier molecular flexibility index (Phi) is 6.07. The number of rotatable bonds is 6. The zero-order valence-electron chi connectivity index (χ0n) is 15.8. The maximum absolute atomic E-state index is 12.7. The van der Waals surface area contributed by atoms with E-state index in [1.54, 1.807) is 60.7 Å². The van der Waals surface area contributed by atoms with Gasteiger partial charge in [0.2, 0.25) is 0 Å². The van der Waals surface area contributed by atoms with Gasteiger partial charge in [0.1, 0.15) is 5.75 Å². The second kappa shape index (κ2) is 8.86. The molecule has 3 aromatic rings. The summed E-state index contributed by atoms with van der Waals surface area (Å²) < 4.78 is 5.64. The van der Waals surface area contributed by atoms with Crippen molar-refractivity contribution < 1.29 is 14.3 Å². The minimum absolute atomic E-state index is 0.0146. The molecule has 0 aliphatic rings. The highest BCUT2D eigenvalue weighted by molar-refractivity contribution is 6.12. The van der Waals surface area contributed by atoms with Crippen molar-refractivity contribution in [1.82, 2.24) is 0 Å². The number of benzene rings is 3. The number of anilines is 2. The molecule has 3 rings (SSSR count). The monoisotopic (exact) mass is 374 g/mol. The van der Waals surface area contributed by atoms with Crippen molar-refractivity contribution in [2.45, 2.75) is 20.0 Å². The number of carbonyl (C=O) groups excluding carboxylic acids is 2. The smallest absolute Gasteiger partial charge is 0.257 e. The van der Waals surface area contributed by atoms with E-state index in [1.807, 2.05) is 32.0 Å². The molecule has 0 saturated carbocycles. The zero-order valence-corrected chi connectivity index (χ0v) is 15.8. The number of hydrogen-bond donors (Lipinski definition) is 2. The lowest BCUT2D eigenvalue weighted by molar-refractivity contribution is 0.102. The van der Waals surface area contributed by atoms with Crippen LogP contribution >= 0.6 is 0 Å². The van der Waals surface area contributed by atoms with Crippen LogP contribution in [0.5, 0.6) is 5.75 Å². The van der Waals surface area contributed by atoms with E-state index in [0.717, 1.165) is 0 Å². The lowest BCUT2D eigenvalue weighted by Crippen LogP contribution is -2.18. The molecule has 5 heteroatoms. The standard InChI is InChI=1S/C23H22N2O3/c1-16(2)28-19-12-8-9-17(15-19)22(26)25-21-14-7-6-13-20(21)23(27)24-18-10-4-3-5-11-18/h3-16H,1-2H3,(H,24,27)(H,25,26). The number of nitrogens with one attached hydrogen (secondary N) is 2. The molecule has 0 fully saturated rings. The molecule has 0 unspecified atom stereocenters. The highest BCUT2D eigenvalue weighted by atomic mass is 16.5. The Labute approximate surface area is 164 Å². The van der Waals surface area contributed by atoms with E-state index < -0.39 is 0 Å². The Hall–Kier alpha value is -3.60. The number of carbonyl (C=O) groups is 2. The van der Waals surface area contributed by atoms with Gasteiger partial charge in [-0.15, -0.1) is 0 Å². The van der Waals surface area contributed by atoms with Crippen LogP contribution in [0.2, 0.25) is 0 Å². The summed E-state index contributed by atoms with van der Waals surface area (Å²) in [6, 6.07) is 23.0. The average Bonchev–Trinajstić information content (AvgIpc) is 2.69. The topological polar surface area (TPSA) is 67.4 Å². The molecule has 0 spiro atoms. The van der Waals surface area contributed by atoms with Gasteiger partial charge in [0, 0.05) is 11.3 Å². The molecule has 0 radical (unpaired) electrons. The summed E-state index contributed by atoms with van der Waals surface area (Å²) in [6.07, 6.45) is 0.0146. The highest BCUT2D eigenvalue weighted by Crippen LogP contribution is 2.20. The SMILES string of the molecule is CC(C)Oc1cccc(C(=O)Nc2ccccc2C(=O)Nc2ccccc2)c1. The van der Waals surface area contributed by atoms with Crippen LogP contribution in [0.3, 0.4) is 0 Å². The van der Waals surface area contributed by atoms with Crippen LogP contribution in [-0.4, -0.2) is 17.9 Å². The van der Waals surface area contributed by atoms with E-state index in [1.165, 1.54) is 0 Å². The second-order valence-electron chi connectivity index (χ2n) is 6.51. The summed E-state index contributed by atoms with van der Waals surface area (Å²) in [5.41, 5.74) is 1.97. The Morgan fingerprint density at radius 2 is 1.50 bits per heavy atom. The normalized spacial score (nSPS) is 10.4. The van der Waals surface area contributed by atoms with Crippen LogP contribution in [0.4, 0.5) is 11.4 Å². The molecule has 28 heavy (non-hydrogen) atoms. The van der Waals surface area contributed by atoms with Crippen molar-refractivity contribution in [2.24, 2.45) is 0 Å². The number of para-hydroxylation sites is 2. The maximum Gasteiger partial charge on any atom is 0.257 e. The van der Waals surface area contributed by atoms with E-state index in [4.69, 9.17) is 4.74 Å². The van der Waals surface area contributed by atoms with Crippen molar-refractivity contribution >= 4 is 23.2 Å². The van der Waals surface area contributed by atoms with Crippen molar-refractivity contribution in [2.75, 3.05) is 10.6 Å². The predicted molar refractivity (Wildman–Crippen MR) is 111 cm³/mol. The van der Waals surface area contributed by atoms with Gasteiger partial charge in [-0.05, 0) is 56.3 Å². The summed E-state index contributed by atoms with van der Waals surface area (Å²) in [6.45, 7) is 3.85. The summed E-state index contributed by atoms with van der Waals surface area (Å²) in [4.78, 5) is 25.3. The average molecular weight is 374 g/mol. The molecule has 0 bridgehead atoms. The van der Waals surface area contributed by atoms with Crippen LogP contribution < -0.4 is 15.4 Å². The Morgan fingerprint density at radius 1 is 0.786 bits per heavy atom. The Bertz CT molecular complexity index is 968. The summed E-state index contributed by atoms with van der Waals surface area (Å²) in [5.74, 6) is 0.0194. The van der Waals surface area contributed by atoms with E-state index in [0.29, 0.717) is 28.3 Å². The van der Waals surface area contributed by atoms with E-state index in [2.05, 4.69) is 10.6 Å². The van der Waals surface area contributed by atoms with Crippen LogP contribution in [0.1, 0.15) is 34.6 Å². The zero-order chi connectivity index (χ0) is 19.9. The van der Waals surface area contributed by atoms with Crippen molar-refractivity contribution in [3.05, 3.63) is 90.0 Å². The fourth-order valence-electron chi connectivity index (χ4n) is 2.69. The summed E-state index contributed by atoms with van der Waals surface area (Å²) >= 11 is 0. The van der Waals surface area contributed by atoms with Gasteiger partial charge >= 0.3 is 0 Å². The first kappa shape index (κ1) is 19.2. The lowest BCUT2D eigenvalue weighted by atomic mass is 10.1. The van der Waals surface area contributed by atoms with Gasteiger partial charge < -0.3 is 15.4 Å². The minimum Gasteiger partial charge on any atom is -0.491 e. The molecule has 0 heterocycles. The van der Waals surface area contributed by atoms with Gasteiger partial charge in [0.05, 0.1) is 17.4 Å². The van der Waals surface area contributed by atoms with Gasteiger partial charge in [0.25, 0.3) is 11.8 Å². The molecule has 5 nitrogen and oxygen atoms in total. The first-order valence-electron chi connectivity index (χ1n) is 9.06. The molecular weight excluding hydrogens is 352 g/mol. The maximum atomic E-state index is 12.7. The van der Waals surface area contributed by atoms with E-state index in [9.17, 15) is 9.59 Å². The van der Waals surface area contributed by atoms with E-state index >= 15 is 0 Å². The first-order valence-corrected chi connectivity index (χ1v) is 9.06. The molecule has 0 aliphatic heterocycles. The largest absolute Gasteiger partial charge is 0.491 e.